The van der Waals surface area contributed by atoms with E-state index in [2.05, 4.69) is 15.1 Å². The summed E-state index contributed by atoms with van der Waals surface area (Å²) in [6, 6.07) is 0.170. The van der Waals surface area contributed by atoms with Gasteiger partial charge in [0.05, 0.1) is 12.3 Å². The van der Waals surface area contributed by atoms with E-state index in [1.807, 2.05) is 13.8 Å². The fourth-order valence-electron chi connectivity index (χ4n) is 2.04. The summed E-state index contributed by atoms with van der Waals surface area (Å²) in [6.07, 6.45) is 1.26. The molecule has 0 aromatic heterocycles. The molecule has 1 saturated heterocycles. The quantitative estimate of drug-likeness (QED) is 0.692. The third-order valence-electron chi connectivity index (χ3n) is 3.06. The van der Waals surface area contributed by atoms with E-state index in [1.165, 1.54) is 6.26 Å². The Bertz CT molecular complexity index is 387. The van der Waals surface area contributed by atoms with Crippen molar-refractivity contribution in [3.05, 3.63) is 0 Å². The van der Waals surface area contributed by atoms with Gasteiger partial charge in [-0.15, -0.1) is 0 Å². The molecular formula is C12H25N3O3S. The molecule has 1 heterocycles. The zero-order valence-corrected chi connectivity index (χ0v) is 12.9. The third kappa shape index (κ3) is 7.49. The molecule has 1 aliphatic heterocycles. The Balaban J connectivity index is 2.23. The summed E-state index contributed by atoms with van der Waals surface area (Å²) in [5.74, 6) is 0.264. The molecule has 0 aromatic rings. The monoisotopic (exact) mass is 291 g/mol. The normalized spacial score (nSPS) is 18.7. The summed E-state index contributed by atoms with van der Waals surface area (Å²) in [5, 5.41) is 2.87. The van der Waals surface area contributed by atoms with E-state index in [1.54, 1.807) is 0 Å². The van der Waals surface area contributed by atoms with E-state index in [4.69, 9.17) is 0 Å². The fourth-order valence-corrected chi connectivity index (χ4v) is 2.63. The zero-order valence-electron chi connectivity index (χ0n) is 12.1. The molecule has 1 fully saturated rings. The molecule has 19 heavy (non-hydrogen) atoms. The summed E-state index contributed by atoms with van der Waals surface area (Å²) >= 11 is 0. The summed E-state index contributed by atoms with van der Waals surface area (Å²) < 4.78 is 22.2. The Hall–Kier alpha value is -0.660. The first-order valence-corrected chi connectivity index (χ1v) is 8.74. The molecule has 0 aliphatic carbocycles. The first-order chi connectivity index (χ1) is 8.76. The molecule has 0 spiro atoms. The van der Waals surface area contributed by atoms with Crippen molar-refractivity contribution in [1.29, 1.82) is 0 Å². The molecular weight excluding hydrogens is 266 g/mol. The van der Waals surface area contributed by atoms with Crippen LogP contribution in [0.1, 0.15) is 13.8 Å². The highest BCUT2D eigenvalue weighted by Gasteiger charge is 2.19. The lowest BCUT2D eigenvalue weighted by molar-refractivity contribution is -0.123. The zero-order chi connectivity index (χ0) is 14.5. The second-order valence-corrected chi connectivity index (χ2v) is 7.73. The van der Waals surface area contributed by atoms with Gasteiger partial charge >= 0.3 is 0 Å². The minimum atomic E-state index is -2.89. The van der Waals surface area contributed by atoms with E-state index in [0.29, 0.717) is 13.1 Å². The SMILES string of the molecule is CC(C)NC(=O)CN1CCN(CCS(C)(=O)=O)CC1. The lowest BCUT2D eigenvalue weighted by atomic mass is 10.3. The van der Waals surface area contributed by atoms with Gasteiger partial charge in [-0.2, -0.15) is 0 Å². The average Bonchev–Trinajstić information content (AvgIpc) is 2.26. The Labute approximate surface area is 116 Å². The predicted molar refractivity (Wildman–Crippen MR) is 75.9 cm³/mol. The van der Waals surface area contributed by atoms with E-state index < -0.39 is 9.84 Å². The van der Waals surface area contributed by atoms with E-state index in [9.17, 15) is 13.2 Å². The minimum absolute atomic E-state index is 0.0552. The Morgan fingerprint density at radius 3 is 2.16 bits per heavy atom. The van der Waals surface area contributed by atoms with Crippen LogP contribution in [-0.2, 0) is 14.6 Å². The molecule has 1 rings (SSSR count). The highest BCUT2D eigenvalue weighted by atomic mass is 32.2. The van der Waals surface area contributed by atoms with Gasteiger partial charge in [-0.3, -0.25) is 14.6 Å². The average molecular weight is 291 g/mol. The molecule has 1 aliphatic rings. The maximum atomic E-state index is 11.6. The van der Waals surface area contributed by atoms with Crippen molar-refractivity contribution in [1.82, 2.24) is 15.1 Å². The molecule has 0 unspecified atom stereocenters. The molecule has 112 valence electrons. The van der Waals surface area contributed by atoms with Crippen molar-refractivity contribution < 1.29 is 13.2 Å². The predicted octanol–water partition coefficient (Wildman–Crippen LogP) is -0.827. The Kier molecular flexibility index (Phi) is 6.22. The Morgan fingerprint density at radius 2 is 1.68 bits per heavy atom. The standard InChI is InChI=1S/C12H25N3O3S/c1-11(2)13-12(16)10-15-6-4-14(5-7-15)8-9-19(3,17)18/h11H,4-10H2,1-3H3,(H,13,16). The third-order valence-corrected chi connectivity index (χ3v) is 3.98. The van der Waals surface area contributed by atoms with Crippen molar-refractivity contribution in [3.8, 4) is 0 Å². The second kappa shape index (κ2) is 7.21. The van der Waals surface area contributed by atoms with E-state index >= 15 is 0 Å². The van der Waals surface area contributed by atoms with Gasteiger partial charge in [0.15, 0.2) is 0 Å². The van der Waals surface area contributed by atoms with Crippen LogP contribution in [0, 0.1) is 0 Å². The van der Waals surface area contributed by atoms with Gasteiger partial charge < -0.3 is 5.32 Å². The largest absolute Gasteiger partial charge is 0.353 e. The molecule has 1 N–H and O–H groups in total. The van der Waals surface area contributed by atoms with Crippen LogP contribution in [0.15, 0.2) is 0 Å². The summed E-state index contributed by atoms with van der Waals surface area (Å²) in [5.41, 5.74) is 0. The molecule has 1 amide bonds. The van der Waals surface area contributed by atoms with Gasteiger partial charge in [-0.05, 0) is 13.8 Å². The van der Waals surface area contributed by atoms with Crippen LogP contribution >= 0.6 is 0 Å². The molecule has 0 saturated carbocycles. The number of nitrogens with one attached hydrogen (secondary N) is 1. The summed E-state index contributed by atoms with van der Waals surface area (Å²) in [7, 11) is -2.89. The van der Waals surface area contributed by atoms with Crippen molar-refractivity contribution >= 4 is 15.7 Å². The number of carbonyl (C=O) groups excluding carboxylic acids is 1. The van der Waals surface area contributed by atoms with Crippen LogP contribution < -0.4 is 5.32 Å². The first-order valence-electron chi connectivity index (χ1n) is 6.68. The van der Waals surface area contributed by atoms with Crippen LogP contribution in [0.5, 0.6) is 0 Å². The number of sulfone groups is 1. The van der Waals surface area contributed by atoms with Crippen LogP contribution in [0.3, 0.4) is 0 Å². The Morgan fingerprint density at radius 1 is 1.16 bits per heavy atom. The maximum Gasteiger partial charge on any atom is 0.234 e. The van der Waals surface area contributed by atoms with Crippen LogP contribution in [0.2, 0.25) is 0 Å². The fraction of sp³-hybridized carbons (Fsp3) is 0.917. The lowest BCUT2D eigenvalue weighted by Gasteiger charge is -2.34. The van der Waals surface area contributed by atoms with Crippen LogP contribution in [-0.4, -0.2) is 81.4 Å². The lowest BCUT2D eigenvalue weighted by Crippen LogP contribution is -2.50. The van der Waals surface area contributed by atoms with Gasteiger partial charge in [0.2, 0.25) is 5.91 Å². The van der Waals surface area contributed by atoms with Gasteiger partial charge in [-0.25, -0.2) is 8.42 Å². The topological polar surface area (TPSA) is 69.7 Å². The smallest absolute Gasteiger partial charge is 0.234 e. The van der Waals surface area contributed by atoms with Crippen LogP contribution in [0.25, 0.3) is 0 Å². The number of rotatable bonds is 6. The molecule has 0 radical (unpaired) electrons. The van der Waals surface area contributed by atoms with Gasteiger partial charge in [0.1, 0.15) is 9.84 Å². The second-order valence-electron chi connectivity index (χ2n) is 5.47. The number of hydrogen-bond acceptors (Lipinski definition) is 5. The van der Waals surface area contributed by atoms with Crippen molar-refractivity contribution in [3.63, 3.8) is 0 Å². The maximum absolute atomic E-state index is 11.6. The van der Waals surface area contributed by atoms with E-state index in [0.717, 1.165) is 26.2 Å². The van der Waals surface area contributed by atoms with Crippen molar-refractivity contribution in [2.45, 2.75) is 19.9 Å². The van der Waals surface area contributed by atoms with Gasteiger partial charge in [0, 0.05) is 45.0 Å². The van der Waals surface area contributed by atoms with Crippen molar-refractivity contribution in [2.75, 3.05) is 51.3 Å². The highest BCUT2D eigenvalue weighted by Crippen LogP contribution is 2.02. The van der Waals surface area contributed by atoms with Gasteiger partial charge in [0.25, 0.3) is 0 Å². The summed E-state index contributed by atoms with van der Waals surface area (Å²) in [6.45, 7) is 8.19. The van der Waals surface area contributed by atoms with Crippen molar-refractivity contribution in [2.24, 2.45) is 0 Å². The summed E-state index contributed by atoms with van der Waals surface area (Å²) in [4.78, 5) is 15.9. The minimum Gasteiger partial charge on any atom is -0.353 e. The molecule has 0 bridgehead atoms. The number of hydrogen-bond donors (Lipinski definition) is 1. The first kappa shape index (κ1) is 16.4. The van der Waals surface area contributed by atoms with E-state index in [-0.39, 0.29) is 17.7 Å². The highest BCUT2D eigenvalue weighted by molar-refractivity contribution is 7.90. The molecule has 7 heteroatoms. The van der Waals surface area contributed by atoms with Gasteiger partial charge in [-0.1, -0.05) is 0 Å². The number of amides is 1. The number of piperazine rings is 1. The molecule has 0 aromatic carbocycles. The number of carbonyl (C=O) groups is 1. The molecule has 0 atom stereocenters. The molecule has 6 nitrogen and oxygen atoms in total. The number of nitrogens with zero attached hydrogens (tertiary/aromatic N) is 2. The van der Waals surface area contributed by atoms with Crippen LogP contribution in [0.4, 0.5) is 0 Å².